The van der Waals surface area contributed by atoms with Crippen LogP contribution in [0.1, 0.15) is 11.4 Å². The summed E-state index contributed by atoms with van der Waals surface area (Å²) in [4.78, 5) is 21.6. The third kappa shape index (κ3) is 61.3. The van der Waals surface area contributed by atoms with E-state index in [0.717, 1.165) is 0 Å². The van der Waals surface area contributed by atoms with Crippen LogP contribution in [0.15, 0.2) is 0 Å². The van der Waals surface area contributed by atoms with E-state index in [-0.39, 0.29) is 167 Å². The zero-order chi connectivity index (χ0) is 4.50. The van der Waals surface area contributed by atoms with Gasteiger partial charge < -0.3 is 26.1 Å². The second-order valence-corrected chi connectivity index (χ2v) is 1.54. The van der Waals surface area contributed by atoms with Gasteiger partial charge in [-0.2, -0.15) is 0 Å². The van der Waals surface area contributed by atoms with Crippen LogP contribution in [0.4, 0.5) is 0 Å². The maximum atomic E-state index is 8.88. The molecule has 0 bridgehead atoms. The normalized spacial score (nSPS) is 6.56. The minimum absolute atomic E-state index is 0. The standard InChI is InChI=1S/Ba.Ca.Mg.H3O4P.Sr.8H/c;;;1-5(2,3)4;;;;;;;;;/h;;;(H3,1,2,3,4);;;;;;;;;/q3*+2;;+2;8*-1. The van der Waals surface area contributed by atoms with Gasteiger partial charge in [0, 0.05) is 0 Å². The van der Waals surface area contributed by atoms with Gasteiger partial charge in [-0.1, -0.05) is 0 Å². The van der Waals surface area contributed by atoms with Crippen LogP contribution in [0.2, 0.25) is 0 Å². The second-order valence-electron chi connectivity index (χ2n) is 0.513. The van der Waals surface area contributed by atoms with E-state index in [0.29, 0.717) is 0 Å². The van der Waals surface area contributed by atoms with Crippen molar-refractivity contribution in [3.8, 4) is 0 Å². The molecule has 0 saturated heterocycles. The zero-order valence-corrected chi connectivity index (χ0v) is 17.5. The molecule has 0 aliphatic carbocycles. The molecule has 0 spiro atoms. The topological polar surface area (TPSA) is 77.8 Å². The van der Waals surface area contributed by atoms with Gasteiger partial charge in [0.2, 0.25) is 0 Å². The third-order valence-corrected chi connectivity index (χ3v) is 0. The monoisotopic (exact) mass is 396 g/mol. The van der Waals surface area contributed by atoms with Crippen molar-refractivity contribution in [1.29, 1.82) is 0 Å². The molecule has 0 aromatic rings. The fourth-order valence-electron chi connectivity index (χ4n) is 0. The van der Waals surface area contributed by atoms with Gasteiger partial charge in [-0.05, 0) is 0 Å². The molecule has 0 aliphatic rings. The van der Waals surface area contributed by atoms with E-state index in [9.17, 15) is 0 Å². The average molecular weight is 395 g/mol. The molecule has 0 atom stereocenters. The first-order valence-corrected chi connectivity index (χ1v) is 2.35. The van der Waals surface area contributed by atoms with E-state index in [1.54, 1.807) is 0 Å². The van der Waals surface area contributed by atoms with Gasteiger partial charge in [0.05, 0.1) is 0 Å². The molecule has 48 valence electrons. The molecule has 0 aromatic heterocycles. The van der Waals surface area contributed by atoms with Crippen LogP contribution in [-0.2, 0) is 4.57 Å². The van der Waals surface area contributed by atoms with Crippen molar-refractivity contribution in [3.05, 3.63) is 0 Å². The molecule has 0 rings (SSSR count). The molecule has 9 heavy (non-hydrogen) atoms. The van der Waals surface area contributed by atoms with Crippen molar-refractivity contribution < 1.29 is 30.7 Å². The minimum Gasteiger partial charge on any atom is -1.00 e. The van der Waals surface area contributed by atoms with Crippen molar-refractivity contribution in [2.75, 3.05) is 0 Å². The third-order valence-electron chi connectivity index (χ3n) is 0. The Bertz CT molecular complexity index is 83.7. The van der Waals surface area contributed by atoms with Crippen LogP contribution in [0.5, 0.6) is 0 Å². The van der Waals surface area contributed by atoms with Crippen molar-refractivity contribution in [2.45, 2.75) is 0 Å². The maximum Gasteiger partial charge on any atom is 2.00 e. The molecule has 0 aromatic carbocycles. The van der Waals surface area contributed by atoms with E-state index >= 15 is 0 Å². The largest absolute Gasteiger partial charge is 2.00 e. The van der Waals surface area contributed by atoms with Crippen LogP contribution in [0, 0.1) is 0 Å². The summed E-state index contributed by atoms with van der Waals surface area (Å²) in [5.74, 6) is 0. The number of phosphoric acid groups is 1. The SMILES string of the molecule is O=P(O)(O)O.[Ba+2].[Ca+2].[H-].[H-].[H-].[H-].[H-].[H-].[H-].[H-].[Mg+2].[Sr+2]. The molecule has 0 radical (unpaired) electrons. The Morgan fingerprint density at radius 3 is 1.22 bits per heavy atom. The molecule has 9 heteroatoms. The molecule has 3 N–H and O–H groups in total. The first-order valence-electron chi connectivity index (χ1n) is 0.783. The molecular formula is H11BaCaMgO4PSr. The van der Waals surface area contributed by atoms with Crippen LogP contribution < -0.4 is 0 Å². The Balaban J connectivity index is -0.00000000121. The van der Waals surface area contributed by atoms with Gasteiger partial charge in [-0.3, -0.25) is 0 Å². The Labute approximate surface area is 189 Å². The molecule has 0 amide bonds. The average Bonchev–Trinajstić information content (AvgIpc) is 0.722. The van der Waals surface area contributed by atoms with Gasteiger partial charge in [-0.25, -0.2) is 4.57 Å². The van der Waals surface area contributed by atoms with Crippen LogP contribution >= 0.6 is 7.82 Å². The summed E-state index contributed by atoms with van der Waals surface area (Å²) in [5, 5.41) is 0. The summed E-state index contributed by atoms with van der Waals surface area (Å²) in [6.45, 7) is 0. The first-order chi connectivity index (χ1) is 2.00. The predicted molar refractivity (Wildman–Crippen MR) is 46.2 cm³/mol. The maximum absolute atomic E-state index is 8.88. The first kappa shape index (κ1) is 29.2. The van der Waals surface area contributed by atoms with Crippen molar-refractivity contribution >= 4 is 163 Å². The Kier molecular flexibility index (Phi) is 50.8. The van der Waals surface area contributed by atoms with Crippen LogP contribution in [0.25, 0.3) is 0 Å². The molecular weight excluding hydrogens is 384 g/mol. The van der Waals surface area contributed by atoms with E-state index in [2.05, 4.69) is 0 Å². The fourth-order valence-corrected chi connectivity index (χ4v) is 0. The van der Waals surface area contributed by atoms with Gasteiger partial charge in [0.1, 0.15) is 0 Å². The van der Waals surface area contributed by atoms with Gasteiger partial charge >= 0.3 is 163 Å². The molecule has 0 saturated carbocycles. The van der Waals surface area contributed by atoms with E-state index in [4.69, 9.17) is 19.2 Å². The quantitative estimate of drug-likeness (QED) is 0.343. The van der Waals surface area contributed by atoms with Crippen LogP contribution in [0.3, 0.4) is 0 Å². The summed E-state index contributed by atoms with van der Waals surface area (Å²) in [5.41, 5.74) is 0. The number of rotatable bonds is 0. The number of hydrogen-bond acceptors (Lipinski definition) is 1. The van der Waals surface area contributed by atoms with Crippen molar-refractivity contribution in [3.63, 3.8) is 0 Å². The molecule has 0 heterocycles. The molecule has 0 aliphatic heterocycles. The van der Waals surface area contributed by atoms with Gasteiger partial charge in [0.15, 0.2) is 0 Å². The van der Waals surface area contributed by atoms with Crippen molar-refractivity contribution in [1.82, 2.24) is 0 Å². The summed E-state index contributed by atoms with van der Waals surface area (Å²) >= 11 is 0. The number of hydrogen-bond donors (Lipinski definition) is 3. The predicted octanol–water partition coefficient (Wildman–Crippen LogP) is -1.55. The molecule has 0 fully saturated rings. The fraction of sp³-hybridized carbons (Fsp3) is 0. The minimum atomic E-state index is -4.64. The molecule has 4 nitrogen and oxygen atoms in total. The Morgan fingerprint density at radius 2 is 1.22 bits per heavy atom. The second kappa shape index (κ2) is 15.7. The Morgan fingerprint density at radius 1 is 1.22 bits per heavy atom. The molecule has 0 unspecified atom stereocenters. The van der Waals surface area contributed by atoms with E-state index in [1.807, 2.05) is 0 Å². The van der Waals surface area contributed by atoms with Gasteiger partial charge in [-0.15, -0.1) is 0 Å². The van der Waals surface area contributed by atoms with Crippen LogP contribution in [-0.4, -0.2) is 170 Å². The van der Waals surface area contributed by atoms with E-state index < -0.39 is 7.82 Å². The Hall–Kier alpha value is 5.19. The van der Waals surface area contributed by atoms with Crippen molar-refractivity contribution in [2.24, 2.45) is 0 Å². The summed E-state index contributed by atoms with van der Waals surface area (Å²) in [6, 6.07) is 0. The smallest absolute Gasteiger partial charge is 1.00 e. The summed E-state index contributed by atoms with van der Waals surface area (Å²) in [7, 11) is -4.64. The van der Waals surface area contributed by atoms with E-state index in [1.165, 1.54) is 0 Å². The zero-order valence-electron chi connectivity index (χ0n) is 13.0. The van der Waals surface area contributed by atoms with Gasteiger partial charge in [0.25, 0.3) is 0 Å². The summed E-state index contributed by atoms with van der Waals surface area (Å²) in [6.07, 6.45) is 0. The summed E-state index contributed by atoms with van der Waals surface area (Å²) < 4.78 is 8.88.